The van der Waals surface area contributed by atoms with Crippen LogP contribution in [0.4, 0.5) is 13.2 Å². The normalized spacial score (nSPS) is 11.8. The molecule has 2 aromatic heterocycles. The van der Waals surface area contributed by atoms with Crippen molar-refractivity contribution in [1.29, 1.82) is 0 Å². The van der Waals surface area contributed by atoms with Crippen molar-refractivity contribution in [3.05, 3.63) is 65.0 Å². The lowest BCUT2D eigenvalue weighted by atomic mass is 10.2. The van der Waals surface area contributed by atoms with Gasteiger partial charge in [0.1, 0.15) is 11.9 Å². The summed E-state index contributed by atoms with van der Waals surface area (Å²) in [5.74, 6) is -0.478. The molecule has 0 radical (unpaired) electrons. The molecule has 21 heavy (non-hydrogen) atoms. The van der Waals surface area contributed by atoms with Gasteiger partial charge in [0.15, 0.2) is 5.82 Å². The van der Waals surface area contributed by atoms with Gasteiger partial charge < -0.3 is 0 Å². The Morgan fingerprint density at radius 2 is 1.86 bits per heavy atom. The minimum atomic E-state index is -4.64. The van der Waals surface area contributed by atoms with Gasteiger partial charge in [0.2, 0.25) is 0 Å². The molecule has 0 saturated carbocycles. The number of nitrogens with zero attached hydrogens (tertiary/aromatic N) is 3. The third-order valence-corrected chi connectivity index (χ3v) is 3.04. The fraction of sp³-hybridized carbons (Fsp3) is 0.0714. The second kappa shape index (κ2) is 4.69. The van der Waals surface area contributed by atoms with Crippen LogP contribution >= 0.6 is 0 Å². The molecule has 0 bridgehead atoms. The second-order valence-corrected chi connectivity index (χ2v) is 4.34. The molecular weight excluding hydrogens is 283 g/mol. The van der Waals surface area contributed by atoms with Crippen LogP contribution in [0, 0.1) is 0 Å². The summed E-state index contributed by atoms with van der Waals surface area (Å²) >= 11 is 0. The average molecular weight is 291 g/mol. The quantitative estimate of drug-likeness (QED) is 0.692. The van der Waals surface area contributed by atoms with Crippen LogP contribution in [0.5, 0.6) is 0 Å². The molecule has 0 aliphatic rings. The van der Waals surface area contributed by atoms with E-state index in [2.05, 4.69) is 9.97 Å². The van der Waals surface area contributed by atoms with Crippen molar-refractivity contribution in [2.45, 2.75) is 6.18 Å². The molecule has 0 aliphatic heterocycles. The largest absolute Gasteiger partial charge is 0.421 e. The number of alkyl halides is 3. The summed E-state index contributed by atoms with van der Waals surface area (Å²) in [5.41, 5.74) is -1.61. The van der Waals surface area contributed by atoms with Gasteiger partial charge in [-0.2, -0.15) is 13.2 Å². The Kier molecular flexibility index (Phi) is 2.97. The van der Waals surface area contributed by atoms with Crippen molar-refractivity contribution in [1.82, 2.24) is 14.5 Å². The average Bonchev–Trinajstić information content (AvgIpc) is 2.47. The summed E-state index contributed by atoms with van der Waals surface area (Å²) in [6.07, 6.45) is -1.72. The molecule has 0 saturated heterocycles. The fourth-order valence-corrected chi connectivity index (χ4v) is 2.07. The standard InChI is InChI=1S/C14H8F3N3O/c15-14(16,17)11-7-18-8-19-12(11)20-6-5-9-3-1-2-4-10(9)13(20)21/h1-8H. The molecule has 0 atom stereocenters. The lowest BCUT2D eigenvalue weighted by Gasteiger charge is -2.12. The summed E-state index contributed by atoms with van der Waals surface area (Å²) in [4.78, 5) is 19.3. The zero-order valence-corrected chi connectivity index (χ0v) is 10.5. The van der Waals surface area contributed by atoms with E-state index in [0.29, 0.717) is 17.0 Å². The van der Waals surface area contributed by atoms with E-state index in [1.807, 2.05) is 0 Å². The minimum Gasteiger partial charge on any atom is -0.268 e. The summed E-state index contributed by atoms with van der Waals surface area (Å²) in [7, 11) is 0. The lowest BCUT2D eigenvalue weighted by Crippen LogP contribution is -2.22. The molecule has 7 heteroatoms. The topological polar surface area (TPSA) is 47.8 Å². The molecule has 0 unspecified atom stereocenters. The van der Waals surface area contributed by atoms with Gasteiger partial charge in [-0.15, -0.1) is 0 Å². The maximum Gasteiger partial charge on any atom is 0.421 e. The van der Waals surface area contributed by atoms with Gasteiger partial charge in [-0.05, 0) is 17.5 Å². The molecule has 0 N–H and O–H groups in total. The van der Waals surface area contributed by atoms with E-state index in [-0.39, 0.29) is 0 Å². The zero-order chi connectivity index (χ0) is 15.0. The summed E-state index contributed by atoms with van der Waals surface area (Å²) in [6, 6.07) is 8.24. The molecule has 106 valence electrons. The molecule has 2 heterocycles. The summed E-state index contributed by atoms with van der Waals surface area (Å²) in [5, 5.41) is 0.980. The second-order valence-electron chi connectivity index (χ2n) is 4.34. The van der Waals surface area contributed by atoms with E-state index in [0.717, 1.165) is 10.9 Å². The number of fused-ring (bicyclic) bond motifs is 1. The lowest BCUT2D eigenvalue weighted by molar-refractivity contribution is -0.138. The predicted octanol–water partition coefficient (Wildman–Crippen LogP) is 2.80. The number of pyridine rings is 1. The van der Waals surface area contributed by atoms with Gasteiger partial charge in [0.05, 0.1) is 0 Å². The molecule has 0 spiro atoms. The first kappa shape index (κ1) is 13.3. The smallest absolute Gasteiger partial charge is 0.268 e. The van der Waals surface area contributed by atoms with E-state index in [9.17, 15) is 18.0 Å². The first-order chi connectivity index (χ1) is 9.98. The number of rotatable bonds is 1. The Morgan fingerprint density at radius 1 is 1.10 bits per heavy atom. The minimum absolute atomic E-state index is 0.326. The van der Waals surface area contributed by atoms with Crippen molar-refractivity contribution >= 4 is 10.8 Å². The fourth-order valence-electron chi connectivity index (χ4n) is 2.07. The highest BCUT2D eigenvalue weighted by Crippen LogP contribution is 2.31. The van der Waals surface area contributed by atoms with E-state index >= 15 is 0 Å². The third kappa shape index (κ3) is 2.26. The van der Waals surface area contributed by atoms with Crippen molar-refractivity contribution in [2.24, 2.45) is 0 Å². The van der Waals surface area contributed by atoms with Crippen molar-refractivity contribution in [2.75, 3.05) is 0 Å². The molecule has 4 nitrogen and oxygen atoms in total. The van der Waals surface area contributed by atoms with Crippen LogP contribution in [0.2, 0.25) is 0 Å². The molecule has 3 aromatic rings. The molecule has 3 rings (SSSR count). The van der Waals surface area contributed by atoms with Crippen LogP contribution in [0.3, 0.4) is 0 Å². The number of benzene rings is 1. The van der Waals surface area contributed by atoms with E-state index < -0.39 is 23.1 Å². The van der Waals surface area contributed by atoms with Gasteiger partial charge in [-0.3, -0.25) is 9.36 Å². The van der Waals surface area contributed by atoms with Crippen LogP contribution < -0.4 is 5.56 Å². The van der Waals surface area contributed by atoms with Crippen LogP contribution in [-0.4, -0.2) is 14.5 Å². The van der Waals surface area contributed by atoms with Crippen LogP contribution in [0.1, 0.15) is 5.56 Å². The van der Waals surface area contributed by atoms with Crippen molar-refractivity contribution in [3.8, 4) is 5.82 Å². The van der Waals surface area contributed by atoms with Gasteiger partial charge in [0, 0.05) is 17.8 Å². The highest BCUT2D eigenvalue weighted by molar-refractivity contribution is 5.81. The van der Waals surface area contributed by atoms with Crippen molar-refractivity contribution < 1.29 is 13.2 Å². The molecule has 1 aromatic carbocycles. The number of hydrogen-bond acceptors (Lipinski definition) is 3. The summed E-state index contributed by atoms with van der Waals surface area (Å²) in [6.45, 7) is 0. The number of hydrogen-bond donors (Lipinski definition) is 0. The Hall–Kier alpha value is -2.70. The van der Waals surface area contributed by atoms with E-state index in [1.165, 1.54) is 6.20 Å². The van der Waals surface area contributed by atoms with Gasteiger partial charge in [-0.25, -0.2) is 9.97 Å². The first-order valence-corrected chi connectivity index (χ1v) is 5.96. The number of aromatic nitrogens is 3. The van der Waals surface area contributed by atoms with Gasteiger partial charge in [-0.1, -0.05) is 18.2 Å². The highest BCUT2D eigenvalue weighted by Gasteiger charge is 2.35. The molecule has 0 amide bonds. The van der Waals surface area contributed by atoms with E-state index in [1.54, 1.807) is 30.3 Å². The van der Waals surface area contributed by atoms with Crippen LogP contribution in [-0.2, 0) is 6.18 Å². The maximum atomic E-state index is 13.0. The first-order valence-electron chi connectivity index (χ1n) is 5.96. The van der Waals surface area contributed by atoms with Gasteiger partial charge in [0.25, 0.3) is 5.56 Å². The number of halogens is 3. The van der Waals surface area contributed by atoms with Crippen molar-refractivity contribution in [3.63, 3.8) is 0 Å². The van der Waals surface area contributed by atoms with Crippen LogP contribution in [0.15, 0.2) is 53.8 Å². The Labute approximate surface area is 116 Å². The van der Waals surface area contributed by atoms with E-state index in [4.69, 9.17) is 0 Å². The highest BCUT2D eigenvalue weighted by atomic mass is 19.4. The molecule has 0 aliphatic carbocycles. The Bertz CT molecular complexity index is 871. The SMILES string of the molecule is O=c1c2ccccc2ccn1-c1ncncc1C(F)(F)F. The monoisotopic (exact) mass is 291 g/mol. The molecular formula is C14H8F3N3O. The zero-order valence-electron chi connectivity index (χ0n) is 10.5. The Morgan fingerprint density at radius 3 is 2.62 bits per heavy atom. The predicted molar refractivity (Wildman–Crippen MR) is 70.1 cm³/mol. The Balaban J connectivity index is 2.32. The molecule has 0 fully saturated rings. The third-order valence-electron chi connectivity index (χ3n) is 3.04. The van der Waals surface area contributed by atoms with Crippen LogP contribution in [0.25, 0.3) is 16.6 Å². The van der Waals surface area contributed by atoms with Gasteiger partial charge >= 0.3 is 6.18 Å². The maximum absolute atomic E-state index is 13.0. The summed E-state index contributed by atoms with van der Waals surface area (Å²) < 4.78 is 39.8.